The van der Waals surface area contributed by atoms with Gasteiger partial charge in [-0.15, -0.1) is 0 Å². The molecule has 0 atom stereocenters. The average molecular weight is 365 g/mol. The SMILES string of the molecule is Cc1cc(C(=O)Nc2cc(C)on2)nc(Nc2ccc(C(C)(C)C)cc2)n1. The summed E-state index contributed by atoms with van der Waals surface area (Å²) < 4.78 is 4.95. The Balaban J connectivity index is 1.77. The topological polar surface area (TPSA) is 92.9 Å². The van der Waals surface area contributed by atoms with Crippen LogP contribution in [-0.2, 0) is 5.41 Å². The van der Waals surface area contributed by atoms with Gasteiger partial charge < -0.3 is 15.2 Å². The molecule has 7 heteroatoms. The largest absolute Gasteiger partial charge is 0.360 e. The first-order chi connectivity index (χ1) is 12.7. The van der Waals surface area contributed by atoms with Gasteiger partial charge >= 0.3 is 0 Å². The molecule has 0 radical (unpaired) electrons. The van der Waals surface area contributed by atoms with E-state index in [9.17, 15) is 4.79 Å². The van der Waals surface area contributed by atoms with Gasteiger partial charge in [-0.3, -0.25) is 4.79 Å². The lowest BCUT2D eigenvalue weighted by atomic mass is 9.87. The Morgan fingerprint density at radius 2 is 1.74 bits per heavy atom. The molecule has 0 saturated heterocycles. The second-order valence-corrected chi connectivity index (χ2v) is 7.45. The van der Waals surface area contributed by atoms with Gasteiger partial charge in [0.25, 0.3) is 5.91 Å². The number of nitrogens with one attached hydrogen (secondary N) is 2. The number of hydrogen-bond donors (Lipinski definition) is 2. The third kappa shape index (κ3) is 4.69. The molecule has 7 nitrogen and oxygen atoms in total. The van der Waals surface area contributed by atoms with E-state index in [4.69, 9.17) is 4.52 Å². The number of amides is 1. The van der Waals surface area contributed by atoms with Crippen molar-refractivity contribution in [3.05, 3.63) is 59.1 Å². The van der Waals surface area contributed by atoms with Gasteiger partial charge in [0.2, 0.25) is 5.95 Å². The molecule has 3 aromatic rings. The van der Waals surface area contributed by atoms with Crippen molar-refractivity contribution in [2.75, 3.05) is 10.6 Å². The van der Waals surface area contributed by atoms with Gasteiger partial charge in [0.1, 0.15) is 11.5 Å². The lowest BCUT2D eigenvalue weighted by molar-refractivity contribution is 0.102. The minimum atomic E-state index is -0.375. The number of benzene rings is 1. The Hall–Kier alpha value is -3.22. The highest BCUT2D eigenvalue weighted by molar-refractivity contribution is 6.02. The number of carbonyl (C=O) groups is 1. The van der Waals surface area contributed by atoms with Gasteiger partial charge in [-0.25, -0.2) is 9.97 Å². The Bertz CT molecular complexity index is 955. The van der Waals surface area contributed by atoms with Crippen LogP contribution in [0.2, 0.25) is 0 Å². The van der Waals surface area contributed by atoms with E-state index in [1.165, 1.54) is 5.56 Å². The van der Waals surface area contributed by atoms with Gasteiger partial charge in [-0.2, -0.15) is 0 Å². The predicted octanol–water partition coefficient (Wildman–Crippen LogP) is 4.37. The smallest absolute Gasteiger partial charge is 0.275 e. The lowest BCUT2D eigenvalue weighted by Crippen LogP contribution is -2.15. The zero-order valence-corrected chi connectivity index (χ0v) is 16.1. The summed E-state index contributed by atoms with van der Waals surface area (Å²) >= 11 is 0. The molecule has 0 spiro atoms. The zero-order valence-electron chi connectivity index (χ0n) is 16.1. The molecule has 2 aromatic heterocycles. The zero-order chi connectivity index (χ0) is 19.6. The maximum absolute atomic E-state index is 12.4. The minimum absolute atomic E-state index is 0.0864. The van der Waals surface area contributed by atoms with E-state index in [1.807, 2.05) is 19.1 Å². The average Bonchev–Trinajstić information content (AvgIpc) is 2.99. The molecule has 27 heavy (non-hydrogen) atoms. The summed E-state index contributed by atoms with van der Waals surface area (Å²) in [5, 5.41) is 9.57. The minimum Gasteiger partial charge on any atom is -0.360 e. The van der Waals surface area contributed by atoms with E-state index >= 15 is 0 Å². The van der Waals surface area contributed by atoms with Crippen molar-refractivity contribution in [3.63, 3.8) is 0 Å². The predicted molar refractivity (Wildman–Crippen MR) is 104 cm³/mol. The first-order valence-corrected chi connectivity index (χ1v) is 8.68. The molecule has 0 aliphatic carbocycles. The molecule has 0 bridgehead atoms. The summed E-state index contributed by atoms with van der Waals surface area (Å²) in [5.41, 5.74) is 3.11. The van der Waals surface area contributed by atoms with E-state index in [0.717, 1.165) is 5.69 Å². The maximum Gasteiger partial charge on any atom is 0.275 e. The van der Waals surface area contributed by atoms with Crippen LogP contribution in [0.3, 0.4) is 0 Å². The van der Waals surface area contributed by atoms with Crippen LogP contribution in [0.25, 0.3) is 0 Å². The molecule has 0 unspecified atom stereocenters. The van der Waals surface area contributed by atoms with Gasteiger partial charge in [0, 0.05) is 17.4 Å². The number of nitrogens with zero attached hydrogens (tertiary/aromatic N) is 3. The van der Waals surface area contributed by atoms with Crippen LogP contribution in [0, 0.1) is 13.8 Å². The molecule has 0 aliphatic heterocycles. The number of anilines is 3. The summed E-state index contributed by atoms with van der Waals surface area (Å²) in [6.07, 6.45) is 0. The number of aryl methyl sites for hydroxylation is 2. The van der Waals surface area contributed by atoms with Crippen LogP contribution in [0.1, 0.15) is 48.3 Å². The summed E-state index contributed by atoms with van der Waals surface area (Å²) in [6.45, 7) is 10.1. The molecule has 140 valence electrons. The molecule has 1 amide bonds. The third-order valence-electron chi connectivity index (χ3n) is 3.96. The molecular weight excluding hydrogens is 342 g/mol. The molecule has 0 fully saturated rings. The van der Waals surface area contributed by atoms with E-state index in [-0.39, 0.29) is 17.0 Å². The van der Waals surface area contributed by atoms with E-state index in [1.54, 1.807) is 19.1 Å². The standard InChI is InChI=1S/C20H23N5O2/c1-12-10-16(18(26)24-17-11-13(2)27-25-17)23-19(21-12)22-15-8-6-14(7-9-15)20(3,4)5/h6-11H,1-5H3,(H,21,22,23)(H,24,25,26). The molecule has 3 rings (SSSR count). The normalized spacial score (nSPS) is 11.3. The number of hydrogen-bond acceptors (Lipinski definition) is 6. The summed E-state index contributed by atoms with van der Waals surface area (Å²) in [7, 11) is 0. The van der Waals surface area contributed by atoms with E-state index in [2.05, 4.69) is 58.7 Å². The molecule has 0 saturated carbocycles. The van der Waals surface area contributed by atoms with Crippen molar-refractivity contribution in [2.45, 2.75) is 40.0 Å². The monoisotopic (exact) mass is 365 g/mol. The summed E-state index contributed by atoms with van der Waals surface area (Å²) in [6, 6.07) is 11.4. The Labute approximate surface area is 158 Å². The van der Waals surface area contributed by atoms with Crippen molar-refractivity contribution >= 4 is 23.4 Å². The van der Waals surface area contributed by atoms with Gasteiger partial charge in [0.05, 0.1) is 0 Å². The fourth-order valence-electron chi connectivity index (χ4n) is 2.53. The van der Waals surface area contributed by atoms with Crippen molar-refractivity contribution < 1.29 is 9.32 Å². The van der Waals surface area contributed by atoms with Crippen LogP contribution in [0.5, 0.6) is 0 Å². The van der Waals surface area contributed by atoms with Gasteiger partial charge in [-0.05, 0) is 43.0 Å². The van der Waals surface area contributed by atoms with Gasteiger partial charge in [-0.1, -0.05) is 38.1 Å². The third-order valence-corrected chi connectivity index (χ3v) is 3.96. The fourth-order valence-corrected chi connectivity index (χ4v) is 2.53. The molecule has 2 heterocycles. The second-order valence-electron chi connectivity index (χ2n) is 7.45. The van der Waals surface area contributed by atoms with Gasteiger partial charge in [0.15, 0.2) is 5.82 Å². The first kappa shape index (κ1) is 18.6. The number of aromatic nitrogens is 3. The highest BCUT2D eigenvalue weighted by Gasteiger charge is 2.15. The highest BCUT2D eigenvalue weighted by atomic mass is 16.5. The summed E-state index contributed by atoms with van der Waals surface area (Å²) in [4.78, 5) is 21.1. The number of rotatable bonds is 4. The van der Waals surface area contributed by atoms with Crippen LogP contribution in [-0.4, -0.2) is 21.0 Å². The van der Waals surface area contributed by atoms with Crippen molar-refractivity contribution in [3.8, 4) is 0 Å². The number of carbonyl (C=O) groups excluding carboxylic acids is 1. The van der Waals surface area contributed by atoms with Crippen LogP contribution in [0.4, 0.5) is 17.5 Å². The van der Waals surface area contributed by atoms with Crippen molar-refractivity contribution in [2.24, 2.45) is 0 Å². The maximum atomic E-state index is 12.4. The van der Waals surface area contributed by atoms with E-state index < -0.39 is 0 Å². The second kappa shape index (κ2) is 7.19. The van der Waals surface area contributed by atoms with E-state index in [0.29, 0.717) is 23.2 Å². The van der Waals surface area contributed by atoms with Crippen LogP contribution in [0.15, 0.2) is 40.9 Å². The Morgan fingerprint density at radius 3 is 2.33 bits per heavy atom. The van der Waals surface area contributed by atoms with Crippen molar-refractivity contribution in [1.29, 1.82) is 0 Å². The fraction of sp³-hybridized carbons (Fsp3) is 0.300. The quantitative estimate of drug-likeness (QED) is 0.713. The molecule has 1 aromatic carbocycles. The summed E-state index contributed by atoms with van der Waals surface area (Å²) in [5.74, 6) is 0.950. The molecular formula is C20H23N5O2. The Kier molecular flexibility index (Phi) is 4.94. The molecule has 0 aliphatic rings. The Morgan fingerprint density at radius 1 is 1.04 bits per heavy atom. The first-order valence-electron chi connectivity index (χ1n) is 8.68. The molecule has 2 N–H and O–H groups in total. The highest BCUT2D eigenvalue weighted by Crippen LogP contribution is 2.24. The lowest BCUT2D eigenvalue weighted by Gasteiger charge is -2.19. The van der Waals surface area contributed by atoms with Crippen LogP contribution >= 0.6 is 0 Å². The van der Waals surface area contributed by atoms with Crippen LogP contribution < -0.4 is 10.6 Å². The van der Waals surface area contributed by atoms with Crippen molar-refractivity contribution in [1.82, 2.24) is 15.1 Å².